The van der Waals surface area contributed by atoms with E-state index in [0.29, 0.717) is 6.61 Å². The molecule has 0 bridgehead atoms. The van der Waals surface area contributed by atoms with Gasteiger partial charge in [0.2, 0.25) is 0 Å². The Labute approximate surface area is 103 Å². The third-order valence-corrected chi connectivity index (χ3v) is 2.61. The van der Waals surface area contributed by atoms with Crippen LogP contribution in [0.3, 0.4) is 0 Å². The maximum absolute atomic E-state index is 12.0. The summed E-state index contributed by atoms with van der Waals surface area (Å²) in [6, 6.07) is 7.36. The standard InChI is InChI=1S/C15H20O2/c1-4-11-17-14-9-7-13(8-10-14)15(16)12(5-2)6-3/h5,7-10H,4,6,11H2,1-3H3/b12-5+. The van der Waals surface area contributed by atoms with Crippen molar-refractivity contribution in [3.05, 3.63) is 41.5 Å². The van der Waals surface area contributed by atoms with Crippen molar-refractivity contribution in [1.82, 2.24) is 0 Å². The minimum atomic E-state index is 0.108. The van der Waals surface area contributed by atoms with Gasteiger partial charge >= 0.3 is 0 Å². The van der Waals surface area contributed by atoms with Gasteiger partial charge in [0.25, 0.3) is 0 Å². The molecule has 0 aliphatic carbocycles. The topological polar surface area (TPSA) is 26.3 Å². The summed E-state index contributed by atoms with van der Waals surface area (Å²) in [4.78, 5) is 12.0. The zero-order valence-corrected chi connectivity index (χ0v) is 10.8. The molecule has 0 fully saturated rings. The largest absolute Gasteiger partial charge is 0.494 e. The molecule has 0 amide bonds. The van der Waals surface area contributed by atoms with Crippen LogP contribution < -0.4 is 4.74 Å². The fourth-order valence-electron chi connectivity index (χ4n) is 1.60. The van der Waals surface area contributed by atoms with Crippen LogP contribution in [0.25, 0.3) is 0 Å². The first-order chi connectivity index (χ1) is 8.22. The van der Waals surface area contributed by atoms with E-state index in [1.165, 1.54) is 0 Å². The number of carbonyl (C=O) groups is 1. The average molecular weight is 232 g/mol. The van der Waals surface area contributed by atoms with E-state index in [1.807, 2.05) is 44.2 Å². The number of ketones is 1. The second-order valence-corrected chi connectivity index (χ2v) is 3.87. The van der Waals surface area contributed by atoms with Crippen LogP contribution in [0.4, 0.5) is 0 Å². The molecule has 0 spiro atoms. The van der Waals surface area contributed by atoms with Crippen LogP contribution in [-0.4, -0.2) is 12.4 Å². The lowest BCUT2D eigenvalue weighted by molar-refractivity contribution is 0.103. The van der Waals surface area contributed by atoms with Gasteiger partial charge in [0.1, 0.15) is 5.75 Å². The highest BCUT2D eigenvalue weighted by atomic mass is 16.5. The molecule has 1 aromatic rings. The van der Waals surface area contributed by atoms with Crippen molar-refractivity contribution in [1.29, 1.82) is 0 Å². The van der Waals surface area contributed by atoms with Gasteiger partial charge in [-0.05, 0) is 49.6 Å². The van der Waals surface area contributed by atoms with Crippen LogP contribution in [0.1, 0.15) is 44.0 Å². The lowest BCUT2D eigenvalue weighted by Gasteiger charge is -2.06. The van der Waals surface area contributed by atoms with Crippen LogP contribution in [0.15, 0.2) is 35.9 Å². The fraction of sp³-hybridized carbons (Fsp3) is 0.400. The van der Waals surface area contributed by atoms with Crippen LogP contribution in [0.5, 0.6) is 5.75 Å². The highest BCUT2D eigenvalue weighted by Gasteiger charge is 2.09. The van der Waals surface area contributed by atoms with Crippen LogP contribution in [-0.2, 0) is 0 Å². The Morgan fingerprint density at radius 2 is 1.88 bits per heavy atom. The molecule has 0 atom stereocenters. The lowest BCUT2D eigenvalue weighted by atomic mass is 10.0. The molecule has 0 heterocycles. The summed E-state index contributed by atoms with van der Waals surface area (Å²) >= 11 is 0. The molecule has 0 unspecified atom stereocenters. The predicted octanol–water partition coefficient (Wildman–Crippen LogP) is 4.01. The summed E-state index contributed by atoms with van der Waals surface area (Å²) < 4.78 is 5.48. The Morgan fingerprint density at radius 1 is 1.24 bits per heavy atom. The number of rotatable bonds is 6. The molecule has 0 radical (unpaired) electrons. The van der Waals surface area contributed by atoms with Crippen LogP contribution in [0, 0.1) is 0 Å². The molecule has 0 saturated carbocycles. The smallest absolute Gasteiger partial charge is 0.188 e. The highest BCUT2D eigenvalue weighted by Crippen LogP contribution is 2.16. The molecule has 17 heavy (non-hydrogen) atoms. The number of benzene rings is 1. The molecule has 2 heteroatoms. The number of Topliss-reactive ketones (excluding diaryl/α,β-unsaturated/α-hetero) is 1. The minimum Gasteiger partial charge on any atom is -0.494 e. The maximum Gasteiger partial charge on any atom is 0.188 e. The van der Waals surface area contributed by atoms with E-state index in [4.69, 9.17) is 4.74 Å². The third kappa shape index (κ3) is 3.74. The van der Waals surface area contributed by atoms with Crippen LogP contribution in [0.2, 0.25) is 0 Å². The lowest BCUT2D eigenvalue weighted by Crippen LogP contribution is -2.02. The van der Waals surface area contributed by atoms with Crippen molar-refractivity contribution in [3.8, 4) is 5.75 Å². The van der Waals surface area contributed by atoms with Crippen molar-refractivity contribution in [3.63, 3.8) is 0 Å². The number of hydrogen-bond acceptors (Lipinski definition) is 2. The molecule has 0 aromatic heterocycles. The van der Waals surface area contributed by atoms with E-state index >= 15 is 0 Å². The molecule has 0 saturated heterocycles. The van der Waals surface area contributed by atoms with Crippen molar-refractivity contribution in [2.75, 3.05) is 6.61 Å². The second-order valence-electron chi connectivity index (χ2n) is 3.87. The molecule has 0 aliphatic rings. The van der Waals surface area contributed by atoms with Gasteiger partial charge in [-0.2, -0.15) is 0 Å². The third-order valence-electron chi connectivity index (χ3n) is 2.61. The highest BCUT2D eigenvalue weighted by molar-refractivity contribution is 6.08. The Bertz CT molecular complexity index is 388. The maximum atomic E-state index is 12.0. The first-order valence-corrected chi connectivity index (χ1v) is 6.15. The summed E-state index contributed by atoms with van der Waals surface area (Å²) in [7, 11) is 0. The molecular formula is C15H20O2. The van der Waals surface area contributed by atoms with E-state index in [0.717, 1.165) is 29.7 Å². The van der Waals surface area contributed by atoms with Gasteiger partial charge < -0.3 is 4.74 Å². The normalized spacial score (nSPS) is 11.4. The van der Waals surface area contributed by atoms with E-state index in [9.17, 15) is 4.79 Å². The quantitative estimate of drug-likeness (QED) is 0.547. The monoisotopic (exact) mass is 232 g/mol. The van der Waals surface area contributed by atoms with Crippen molar-refractivity contribution in [2.45, 2.75) is 33.6 Å². The van der Waals surface area contributed by atoms with Gasteiger partial charge in [-0.15, -0.1) is 0 Å². The zero-order chi connectivity index (χ0) is 12.7. The summed E-state index contributed by atoms with van der Waals surface area (Å²) in [5.74, 6) is 0.930. The van der Waals surface area contributed by atoms with Gasteiger partial charge in [-0.3, -0.25) is 4.79 Å². The first-order valence-electron chi connectivity index (χ1n) is 6.15. The zero-order valence-electron chi connectivity index (χ0n) is 10.8. The molecule has 1 rings (SSSR count). The Hall–Kier alpha value is -1.57. The van der Waals surface area contributed by atoms with Crippen molar-refractivity contribution in [2.24, 2.45) is 0 Å². The predicted molar refractivity (Wildman–Crippen MR) is 70.6 cm³/mol. The Kier molecular flexibility index (Phi) is 5.47. The molecule has 0 aliphatic heterocycles. The molecule has 2 nitrogen and oxygen atoms in total. The summed E-state index contributed by atoms with van der Waals surface area (Å²) in [6.45, 7) is 6.67. The Morgan fingerprint density at radius 3 is 2.35 bits per heavy atom. The minimum absolute atomic E-state index is 0.108. The van der Waals surface area contributed by atoms with E-state index < -0.39 is 0 Å². The average Bonchev–Trinajstić information content (AvgIpc) is 2.38. The van der Waals surface area contributed by atoms with Gasteiger partial charge in [0, 0.05) is 5.56 Å². The second kappa shape index (κ2) is 6.89. The fourth-order valence-corrected chi connectivity index (χ4v) is 1.60. The number of allylic oxidation sites excluding steroid dienone is 2. The molecule has 0 N–H and O–H groups in total. The van der Waals surface area contributed by atoms with Gasteiger partial charge in [0.05, 0.1) is 6.61 Å². The van der Waals surface area contributed by atoms with Crippen molar-refractivity contribution >= 4 is 5.78 Å². The van der Waals surface area contributed by atoms with E-state index in [1.54, 1.807) is 0 Å². The number of carbonyl (C=O) groups excluding carboxylic acids is 1. The van der Waals surface area contributed by atoms with Gasteiger partial charge in [0.15, 0.2) is 5.78 Å². The number of hydrogen-bond donors (Lipinski definition) is 0. The first kappa shape index (κ1) is 13.5. The number of ether oxygens (including phenoxy) is 1. The molecule has 1 aromatic carbocycles. The van der Waals surface area contributed by atoms with E-state index in [-0.39, 0.29) is 5.78 Å². The summed E-state index contributed by atoms with van der Waals surface area (Å²) in [6.07, 6.45) is 3.63. The van der Waals surface area contributed by atoms with Gasteiger partial charge in [-0.25, -0.2) is 0 Å². The van der Waals surface area contributed by atoms with Crippen molar-refractivity contribution < 1.29 is 9.53 Å². The SMILES string of the molecule is C/C=C(\CC)C(=O)c1ccc(OCCC)cc1. The molecule has 92 valence electrons. The molecular weight excluding hydrogens is 212 g/mol. The van der Waals surface area contributed by atoms with Gasteiger partial charge in [-0.1, -0.05) is 19.9 Å². The summed E-state index contributed by atoms with van der Waals surface area (Å²) in [5.41, 5.74) is 1.58. The summed E-state index contributed by atoms with van der Waals surface area (Å²) in [5, 5.41) is 0. The Balaban J connectivity index is 2.77. The van der Waals surface area contributed by atoms with E-state index in [2.05, 4.69) is 6.92 Å². The van der Waals surface area contributed by atoms with Crippen LogP contribution >= 0.6 is 0 Å².